The van der Waals surface area contributed by atoms with E-state index in [9.17, 15) is 4.79 Å². The highest BCUT2D eigenvalue weighted by Gasteiger charge is 2.32. The van der Waals surface area contributed by atoms with Crippen LogP contribution in [0.25, 0.3) is 0 Å². The Morgan fingerprint density at radius 2 is 2.03 bits per heavy atom. The number of nitrogens with zero attached hydrogens (tertiary/aromatic N) is 3. The monoisotopic (exact) mass is 536 g/mol. The number of methoxy groups -OCH3 is 1. The van der Waals surface area contributed by atoms with Crippen molar-refractivity contribution in [3.05, 3.63) is 73.6 Å². The second-order valence-electron chi connectivity index (χ2n) is 7.22. The van der Waals surface area contributed by atoms with Crippen molar-refractivity contribution in [2.24, 2.45) is 0 Å². The van der Waals surface area contributed by atoms with Gasteiger partial charge < -0.3 is 14.8 Å². The minimum absolute atomic E-state index is 0.0591. The molecular formula is C22H19BrCl2N4O3. The number of rotatable bonds is 6. The van der Waals surface area contributed by atoms with E-state index in [-0.39, 0.29) is 12.4 Å². The third-order valence-corrected chi connectivity index (χ3v) is 6.44. The summed E-state index contributed by atoms with van der Waals surface area (Å²) >= 11 is 15.7. The fourth-order valence-electron chi connectivity index (χ4n) is 3.68. The molecule has 0 saturated carbocycles. The molecular weight excluding hydrogens is 519 g/mol. The van der Waals surface area contributed by atoms with Crippen molar-refractivity contribution < 1.29 is 14.3 Å². The van der Waals surface area contributed by atoms with E-state index in [4.69, 9.17) is 32.7 Å². The molecule has 7 nitrogen and oxygen atoms in total. The lowest BCUT2D eigenvalue weighted by Gasteiger charge is -2.28. The predicted octanol–water partition coefficient (Wildman–Crippen LogP) is 5.81. The lowest BCUT2D eigenvalue weighted by Crippen LogP contribution is -2.27. The Balaban J connectivity index is 1.72. The van der Waals surface area contributed by atoms with Gasteiger partial charge in [0.2, 0.25) is 5.95 Å². The first-order valence-electron chi connectivity index (χ1n) is 9.62. The van der Waals surface area contributed by atoms with E-state index < -0.39 is 6.04 Å². The maximum Gasteiger partial charge on any atom is 0.226 e. The number of allylic oxidation sites excluding steroid dienone is 2. The van der Waals surface area contributed by atoms with Crippen molar-refractivity contribution in [3.63, 3.8) is 0 Å². The standard InChI is InChI=1S/C22H19BrCl2N4O3/c1-11-19(12(2)30)20(29-22(28-11)26-10-27-29)14-7-15(23)21(18(8-14)31-3)32-9-13-4-5-16(24)17(25)6-13/h4-8,10,20H,9H2,1-3H3,(H,26,27,28). The number of anilines is 1. The van der Waals surface area contributed by atoms with E-state index in [2.05, 4.69) is 31.3 Å². The molecule has 1 aliphatic heterocycles. The number of hydrogen-bond acceptors (Lipinski definition) is 6. The second kappa shape index (κ2) is 9.13. The molecule has 0 bridgehead atoms. The van der Waals surface area contributed by atoms with Crippen LogP contribution in [0.15, 0.2) is 52.4 Å². The Labute approximate surface area is 203 Å². The lowest BCUT2D eigenvalue weighted by atomic mass is 9.93. The first kappa shape index (κ1) is 22.6. The molecule has 4 rings (SSSR count). The van der Waals surface area contributed by atoms with E-state index in [0.717, 1.165) is 16.8 Å². The molecule has 1 aliphatic rings. The average molecular weight is 538 g/mol. The van der Waals surface area contributed by atoms with Crippen molar-refractivity contribution in [2.75, 3.05) is 12.4 Å². The van der Waals surface area contributed by atoms with Crippen molar-refractivity contribution in [1.29, 1.82) is 0 Å². The number of carbonyl (C=O) groups excluding carboxylic acids is 1. The lowest BCUT2D eigenvalue weighted by molar-refractivity contribution is -0.114. The van der Waals surface area contributed by atoms with Crippen molar-refractivity contribution in [1.82, 2.24) is 14.8 Å². The third-order valence-electron chi connectivity index (χ3n) is 5.11. The number of aromatic nitrogens is 3. The molecule has 1 aromatic heterocycles. The molecule has 0 radical (unpaired) electrons. The predicted molar refractivity (Wildman–Crippen MR) is 127 cm³/mol. The second-order valence-corrected chi connectivity index (χ2v) is 8.89. The molecule has 0 amide bonds. The van der Waals surface area contributed by atoms with Gasteiger partial charge in [-0.2, -0.15) is 10.1 Å². The molecule has 2 aromatic carbocycles. The Hall–Kier alpha value is -2.55. The van der Waals surface area contributed by atoms with Crippen LogP contribution in [0.5, 0.6) is 11.5 Å². The minimum atomic E-state index is -0.458. The van der Waals surface area contributed by atoms with E-state index in [1.807, 2.05) is 25.1 Å². The van der Waals surface area contributed by atoms with E-state index in [1.54, 1.807) is 23.9 Å². The van der Waals surface area contributed by atoms with Crippen LogP contribution in [-0.2, 0) is 11.4 Å². The Bertz CT molecular complexity index is 1240. The molecule has 10 heteroatoms. The summed E-state index contributed by atoms with van der Waals surface area (Å²) in [6, 6.07) is 8.60. The highest BCUT2D eigenvalue weighted by molar-refractivity contribution is 9.10. The van der Waals surface area contributed by atoms with Gasteiger partial charge in [0.05, 0.1) is 21.6 Å². The zero-order chi connectivity index (χ0) is 23.0. The van der Waals surface area contributed by atoms with Crippen LogP contribution in [0, 0.1) is 0 Å². The van der Waals surface area contributed by atoms with Crippen molar-refractivity contribution >= 4 is 50.9 Å². The number of carbonyl (C=O) groups is 1. The number of halogens is 3. The zero-order valence-electron chi connectivity index (χ0n) is 17.4. The van der Waals surface area contributed by atoms with Gasteiger partial charge in [0.1, 0.15) is 19.0 Å². The SMILES string of the molecule is COc1cc(C2C(C(C)=O)=C(C)Nc3ncnn32)cc(Br)c1OCc1ccc(Cl)c(Cl)c1. The smallest absolute Gasteiger partial charge is 0.226 e. The number of hydrogen-bond donors (Lipinski definition) is 1. The molecule has 0 fully saturated rings. The summed E-state index contributed by atoms with van der Waals surface area (Å²) in [5.74, 6) is 1.54. The normalized spacial score (nSPS) is 15.2. The van der Waals surface area contributed by atoms with Crippen LogP contribution in [0.2, 0.25) is 10.0 Å². The number of benzene rings is 2. The fraction of sp³-hybridized carbons (Fsp3) is 0.227. The summed E-state index contributed by atoms with van der Waals surface area (Å²) in [6.07, 6.45) is 1.45. The highest BCUT2D eigenvalue weighted by atomic mass is 79.9. The number of Topliss-reactive ketones (excluding diaryl/α,β-unsaturated/α-hetero) is 1. The molecule has 2 heterocycles. The fourth-order valence-corrected chi connectivity index (χ4v) is 4.57. The van der Waals surface area contributed by atoms with Crippen LogP contribution in [0.4, 0.5) is 5.95 Å². The van der Waals surface area contributed by atoms with E-state index in [0.29, 0.717) is 37.5 Å². The number of ether oxygens (including phenoxy) is 2. The Morgan fingerprint density at radius 1 is 1.25 bits per heavy atom. The molecule has 3 aromatic rings. The van der Waals surface area contributed by atoms with Gasteiger partial charge in [0.15, 0.2) is 17.3 Å². The van der Waals surface area contributed by atoms with Gasteiger partial charge in [0.25, 0.3) is 0 Å². The maximum absolute atomic E-state index is 12.5. The summed E-state index contributed by atoms with van der Waals surface area (Å²) in [4.78, 5) is 16.7. The minimum Gasteiger partial charge on any atom is -0.493 e. The van der Waals surface area contributed by atoms with Gasteiger partial charge in [-0.1, -0.05) is 29.3 Å². The molecule has 1 unspecified atom stereocenters. The summed E-state index contributed by atoms with van der Waals surface area (Å²) < 4.78 is 14.0. The quantitative estimate of drug-likeness (QED) is 0.427. The number of nitrogens with one attached hydrogen (secondary N) is 1. The molecule has 166 valence electrons. The van der Waals surface area contributed by atoms with E-state index in [1.165, 1.54) is 13.3 Å². The average Bonchev–Trinajstić information content (AvgIpc) is 3.21. The number of ketones is 1. The van der Waals surface area contributed by atoms with Crippen LogP contribution >= 0.6 is 39.1 Å². The van der Waals surface area contributed by atoms with Gasteiger partial charge in [-0.15, -0.1) is 0 Å². The van der Waals surface area contributed by atoms with E-state index >= 15 is 0 Å². The first-order chi connectivity index (χ1) is 15.3. The number of fused-ring (bicyclic) bond motifs is 1. The molecule has 1 N–H and O–H groups in total. The van der Waals surface area contributed by atoms with Crippen molar-refractivity contribution in [2.45, 2.75) is 26.5 Å². The van der Waals surface area contributed by atoms with Crippen LogP contribution in [0.1, 0.15) is 31.0 Å². The molecule has 32 heavy (non-hydrogen) atoms. The Morgan fingerprint density at radius 3 is 2.72 bits per heavy atom. The van der Waals surface area contributed by atoms with Gasteiger partial charge >= 0.3 is 0 Å². The Kier molecular flexibility index (Phi) is 6.46. The topological polar surface area (TPSA) is 78.3 Å². The van der Waals surface area contributed by atoms with Crippen LogP contribution in [-0.4, -0.2) is 27.7 Å². The third kappa shape index (κ3) is 4.22. The molecule has 0 aliphatic carbocycles. The first-order valence-corrected chi connectivity index (χ1v) is 11.2. The highest BCUT2D eigenvalue weighted by Crippen LogP contribution is 2.43. The zero-order valence-corrected chi connectivity index (χ0v) is 20.5. The summed E-state index contributed by atoms with van der Waals surface area (Å²) in [7, 11) is 1.56. The molecule has 0 spiro atoms. The van der Waals surface area contributed by atoms with Gasteiger partial charge in [-0.25, -0.2) is 4.68 Å². The van der Waals surface area contributed by atoms with Crippen LogP contribution < -0.4 is 14.8 Å². The van der Waals surface area contributed by atoms with Gasteiger partial charge in [0, 0.05) is 11.3 Å². The summed E-state index contributed by atoms with van der Waals surface area (Å²) in [6.45, 7) is 3.66. The molecule has 0 saturated heterocycles. The maximum atomic E-state index is 12.5. The molecule has 1 atom stereocenters. The van der Waals surface area contributed by atoms with Gasteiger partial charge in [-0.05, 0) is 65.2 Å². The van der Waals surface area contributed by atoms with Crippen molar-refractivity contribution in [3.8, 4) is 11.5 Å². The largest absolute Gasteiger partial charge is 0.493 e. The van der Waals surface area contributed by atoms with Gasteiger partial charge in [-0.3, -0.25) is 4.79 Å². The summed E-state index contributed by atoms with van der Waals surface area (Å²) in [5, 5.41) is 8.40. The summed E-state index contributed by atoms with van der Waals surface area (Å²) in [5.41, 5.74) is 2.99. The van der Waals surface area contributed by atoms with Crippen LogP contribution in [0.3, 0.4) is 0 Å².